The molecule has 0 amide bonds. The quantitative estimate of drug-likeness (QED) is 0.123. The van der Waals surface area contributed by atoms with Gasteiger partial charge < -0.3 is 4.74 Å². The molecule has 4 aliphatic rings. The average molecular weight is 739 g/mol. The summed E-state index contributed by atoms with van der Waals surface area (Å²) in [7, 11) is 0. The first kappa shape index (κ1) is 40.8. The molecule has 0 radical (unpaired) electrons. The minimum atomic E-state index is -0.845. The number of ether oxygens (including phenoxy) is 1. The van der Waals surface area contributed by atoms with Gasteiger partial charge in [0.2, 0.25) is 0 Å². The lowest BCUT2D eigenvalue weighted by Gasteiger charge is -2.47. The first-order valence-corrected chi connectivity index (χ1v) is 22.4. The van der Waals surface area contributed by atoms with E-state index in [1.807, 2.05) is 12.1 Å². The van der Waals surface area contributed by atoms with Crippen LogP contribution in [0, 0.1) is 46.9 Å². The normalized spacial score (nSPS) is 26.1. The van der Waals surface area contributed by atoms with Gasteiger partial charge in [0, 0.05) is 22.0 Å². The number of rotatable bonds is 16. The molecule has 53 heavy (non-hydrogen) atoms. The van der Waals surface area contributed by atoms with Crippen LogP contribution in [0.1, 0.15) is 203 Å². The molecule has 0 heterocycles. The molecule has 0 bridgehead atoms. The lowest BCUT2D eigenvalue weighted by Crippen LogP contribution is -2.40. The number of unbranched alkanes of at least 4 members (excludes halogenated alkanes) is 4. The molecule has 0 atom stereocenters. The van der Waals surface area contributed by atoms with Gasteiger partial charge in [0.25, 0.3) is 0 Å². The van der Waals surface area contributed by atoms with Gasteiger partial charge >= 0.3 is 0 Å². The third-order valence-corrected chi connectivity index (χ3v) is 15.1. The number of hydrogen-bond acceptors (Lipinski definition) is 1. The zero-order valence-corrected chi connectivity index (χ0v) is 33.3. The highest BCUT2D eigenvalue weighted by Gasteiger charge is 2.46. The van der Waals surface area contributed by atoms with Crippen LogP contribution in [0.2, 0.25) is 0 Å². The van der Waals surface area contributed by atoms with Crippen molar-refractivity contribution in [1.29, 1.82) is 0 Å². The summed E-state index contributed by atoms with van der Waals surface area (Å²) in [5.74, 6) is -0.829. The van der Waals surface area contributed by atoms with E-state index in [0.29, 0.717) is 23.0 Å². The van der Waals surface area contributed by atoms with E-state index in [4.69, 9.17) is 4.74 Å². The highest BCUT2D eigenvalue weighted by Crippen LogP contribution is 2.54. The van der Waals surface area contributed by atoms with E-state index in [0.717, 1.165) is 102 Å². The molecule has 0 aromatic heterocycles. The summed E-state index contributed by atoms with van der Waals surface area (Å²) in [6.07, 6.45) is 29.7. The Kier molecular flexibility index (Phi) is 14.9. The monoisotopic (exact) mass is 739 g/mol. The first-order chi connectivity index (χ1) is 25.8. The molecule has 4 fully saturated rings. The Labute approximate surface area is 319 Å². The lowest BCUT2D eigenvalue weighted by atomic mass is 9.57. The Bertz CT molecular complexity index is 1320. The Morgan fingerprint density at radius 2 is 0.868 bits per heavy atom. The van der Waals surface area contributed by atoms with Crippen molar-refractivity contribution in [3.63, 3.8) is 0 Å². The number of hydrogen-bond donors (Lipinski definition) is 0. The third-order valence-electron chi connectivity index (χ3n) is 15.1. The predicted molar refractivity (Wildman–Crippen MR) is 210 cm³/mol. The van der Waals surface area contributed by atoms with Gasteiger partial charge in [0.1, 0.15) is 0 Å². The highest BCUT2D eigenvalue weighted by atomic mass is 19.2. The smallest absolute Gasteiger partial charge is 0.164 e. The maximum absolute atomic E-state index is 16.2. The van der Waals surface area contributed by atoms with E-state index >= 15 is 17.6 Å². The van der Waals surface area contributed by atoms with Gasteiger partial charge in [-0.3, -0.25) is 0 Å². The van der Waals surface area contributed by atoms with Gasteiger partial charge in [-0.15, -0.1) is 0 Å². The number of benzene rings is 2. The average Bonchev–Trinajstić information content (AvgIpc) is 3.19. The van der Waals surface area contributed by atoms with E-state index in [9.17, 15) is 0 Å². The minimum absolute atomic E-state index is 0.140. The SMILES string of the molecule is CCCCC[C@H]1CC[C@H](C2(c3ccc(COCc4ccc(C5([C@H]6CC[C@H](CCCCC)CC6)CCCCC5)c(F)c4F)c(F)c3F)CCCCC2)CC1. The summed E-state index contributed by atoms with van der Waals surface area (Å²) in [5.41, 5.74) is 0.782. The van der Waals surface area contributed by atoms with Crippen molar-refractivity contribution in [2.75, 3.05) is 0 Å². The summed E-state index contributed by atoms with van der Waals surface area (Å²) in [5, 5.41) is 0. The van der Waals surface area contributed by atoms with Crippen LogP contribution in [0.4, 0.5) is 17.6 Å². The number of halogens is 4. The van der Waals surface area contributed by atoms with Crippen molar-refractivity contribution in [2.24, 2.45) is 23.7 Å². The molecule has 0 unspecified atom stereocenters. The van der Waals surface area contributed by atoms with Crippen LogP contribution in [0.5, 0.6) is 0 Å². The summed E-state index contributed by atoms with van der Waals surface area (Å²) >= 11 is 0. The standard InChI is InChI=1S/C48H70F4O/c1-3-5-9-15-35-17-23-39(24-18-35)47(29-11-7-12-30-47)41-27-21-37(43(49)45(41)51)33-53-34-38-22-28-42(46(52)44(38)50)48(31-13-8-14-32-48)40-25-19-36(20-26-40)16-10-6-4-2/h21-22,27-28,35-36,39-40H,3-20,23-26,29-34H2,1-2H3/t35-,36-,39-,40-. The Balaban J connectivity index is 1.11. The topological polar surface area (TPSA) is 9.23 Å². The van der Waals surface area contributed by atoms with Gasteiger partial charge in [-0.1, -0.05) is 154 Å². The van der Waals surface area contributed by atoms with Crippen LogP contribution in [-0.2, 0) is 28.8 Å². The maximum Gasteiger partial charge on any atom is 0.164 e. The second kappa shape index (κ2) is 19.3. The molecule has 0 N–H and O–H groups in total. The fourth-order valence-electron chi connectivity index (χ4n) is 12.0. The molecule has 6 rings (SSSR count). The summed E-state index contributed by atoms with van der Waals surface area (Å²) < 4.78 is 69.8. The fraction of sp³-hybridized carbons (Fsp3) is 0.750. The molecular weight excluding hydrogens is 669 g/mol. The van der Waals surface area contributed by atoms with Gasteiger partial charge in [-0.05, 0) is 86.2 Å². The summed E-state index contributed by atoms with van der Waals surface area (Å²) in [6.45, 7) is 4.13. The van der Waals surface area contributed by atoms with Crippen LogP contribution in [0.25, 0.3) is 0 Å². The van der Waals surface area contributed by atoms with Crippen LogP contribution < -0.4 is 0 Å². The highest BCUT2D eigenvalue weighted by molar-refractivity contribution is 5.35. The van der Waals surface area contributed by atoms with E-state index in [2.05, 4.69) is 13.8 Å². The predicted octanol–water partition coefficient (Wildman–Crippen LogP) is 15.1. The Morgan fingerprint density at radius 3 is 1.23 bits per heavy atom. The van der Waals surface area contributed by atoms with E-state index in [-0.39, 0.29) is 35.2 Å². The summed E-state index contributed by atoms with van der Waals surface area (Å²) in [4.78, 5) is 0. The molecule has 5 heteroatoms. The van der Waals surface area contributed by atoms with Crippen molar-refractivity contribution >= 4 is 0 Å². The van der Waals surface area contributed by atoms with Crippen LogP contribution in [-0.4, -0.2) is 0 Å². The van der Waals surface area contributed by atoms with Crippen molar-refractivity contribution in [2.45, 2.75) is 205 Å². The molecule has 296 valence electrons. The molecule has 2 aromatic rings. The second-order valence-corrected chi connectivity index (χ2v) is 18.2. The summed E-state index contributed by atoms with van der Waals surface area (Å²) in [6, 6.07) is 7.03. The molecule has 0 spiro atoms. The largest absolute Gasteiger partial charge is 0.372 e. The minimum Gasteiger partial charge on any atom is -0.372 e. The van der Waals surface area contributed by atoms with Crippen LogP contribution >= 0.6 is 0 Å². The zero-order chi connectivity index (χ0) is 37.3. The Morgan fingerprint density at radius 1 is 0.491 bits per heavy atom. The van der Waals surface area contributed by atoms with Gasteiger partial charge in [0.05, 0.1) is 13.2 Å². The van der Waals surface area contributed by atoms with Gasteiger partial charge in [-0.2, -0.15) is 0 Å². The van der Waals surface area contributed by atoms with Crippen molar-refractivity contribution < 1.29 is 22.3 Å². The van der Waals surface area contributed by atoms with E-state index in [1.54, 1.807) is 12.1 Å². The lowest BCUT2D eigenvalue weighted by molar-refractivity contribution is 0.0995. The second-order valence-electron chi connectivity index (χ2n) is 18.2. The third kappa shape index (κ3) is 9.23. The molecule has 4 aliphatic carbocycles. The fourth-order valence-corrected chi connectivity index (χ4v) is 12.0. The van der Waals surface area contributed by atoms with Crippen molar-refractivity contribution in [3.8, 4) is 0 Å². The maximum atomic E-state index is 16.2. The molecular formula is C48H70F4O. The molecule has 4 saturated carbocycles. The van der Waals surface area contributed by atoms with Crippen molar-refractivity contribution in [1.82, 2.24) is 0 Å². The van der Waals surface area contributed by atoms with Crippen LogP contribution in [0.3, 0.4) is 0 Å². The van der Waals surface area contributed by atoms with E-state index < -0.39 is 23.3 Å². The molecule has 0 saturated heterocycles. The zero-order valence-electron chi connectivity index (χ0n) is 33.3. The first-order valence-electron chi connectivity index (χ1n) is 22.4. The van der Waals surface area contributed by atoms with Gasteiger partial charge in [-0.25, -0.2) is 17.6 Å². The molecule has 0 aliphatic heterocycles. The van der Waals surface area contributed by atoms with E-state index in [1.165, 1.54) is 77.0 Å². The molecule has 2 aromatic carbocycles. The van der Waals surface area contributed by atoms with Gasteiger partial charge in [0.15, 0.2) is 23.3 Å². The van der Waals surface area contributed by atoms with Crippen LogP contribution in [0.15, 0.2) is 24.3 Å². The van der Waals surface area contributed by atoms with Crippen molar-refractivity contribution in [3.05, 3.63) is 69.8 Å². The molecule has 1 nitrogen and oxygen atoms in total. The Hall–Kier alpha value is -1.88.